The minimum absolute atomic E-state index is 0.00162. The molecule has 1 amide bonds. The maximum absolute atomic E-state index is 11.7. The lowest BCUT2D eigenvalue weighted by molar-refractivity contribution is -0.127. The van der Waals surface area contributed by atoms with E-state index in [-0.39, 0.29) is 23.5 Å². The molecule has 1 heterocycles. The van der Waals surface area contributed by atoms with E-state index in [0.29, 0.717) is 19.5 Å². The van der Waals surface area contributed by atoms with Gasteiger partial charge in [0.05, 0.1) is 5.75 Å². The normalized spacial score (nSPS) is 20.8. The molecule has 0 spiro atoms. The molecule has 0 aromatic carbocycles. The number of nitrogens with two attached hydrogens (primary N) is 1. The highest BCUT2D eigenvalue weighted by Crippen LogP contribution is 2.09. The summed E-state index contributed by atoms with van der Waals surface area (Å²) in [5.74, 6) is -0.537. The number of carbonyl (C=O) groups excluding carboxylic acids is 1. The van der Waals surface area contributed by atoms with Gasteiger partial charge in [-0.05, 0) is 12.8 Å². The summed E-state index contributed by atoms with van der Waals surface area (Å²) in [6.45, 7) is 3.09. The van der Waals surface area contributed by atoms with Gasteiger partial charge >= 0.3 is 0 Å². The summed E-state index contributed by atoms with van der Waals surface area (Å²) in [4.78, 5) is 13.3. The Morgan fingerprint density at radius 1 is 1.41 bits per heavy atom. The Labute approximate surface area is 103 Å². The highest BCUT2D eigenvalue weighted by molar-refractivity contribution is 7.92. The molecular formula is C11H22N2O3S. The molecule has 0 saturated carbocycles. The van der Waals surface area contributed by atoms with Gasteiger partial charge in [0, 0.05) is 19.1 Å². The van der Waals surface area contributed by atoms with Crippen molar-refractivity contribution >= 4 is 15.7 Å². The van der Waals surface area contributed by atoms with Crippen LogP contribution in [0.1, 0.15) is 32.6 Å². The predicted octanol–water partition coefficient (Wildman–Crippen LogP) is 0.151. The number of hydrogen-bond donors (Lipinski definition) is 1. The second kappa shape index (κ2) is 6.35. The summed E-state index contributed by atoms with van der Waals surface area (Å²) < 4.78 is 23.4. The molecular weight excluding hydrogens is 240 g/mol. The number of unbranched alkanes of at least 4 members (excludes halogenated alkanes) is 2. The van der Waals surface area contributed by atoms with Crippen molar-refractivity contribution in [2.75, 3.05) is 24.6 Å². The van der Waals surface area contributed by atoms with Gasteiger partial charge in [-0.25, -0.2) is 8.42 Å². The molecule has 17 heavy (non-hydrogen) atoms. The minimum Gasteiger partial charge on any atom is -0.340 e. The standard InChI is InChI=1S/C11H22N2O3S/c1-2-3-4-7-17(15,16)9-11(14)13-6-5-10(12)8-13/h10H,2-9,12H2,1H3/t10-/m1/s1. The van der Waals surface area contributed by atoms with Crippen LogP contribution in [0.2, 0.25) is 0 Å². The molecule has 1 aliphatic rings. The molecule has 0 aromatic rings. The van der Waals surface area contributed by atoms with Gasteiger partial charge < -0.3 is 10.6 Å². The first-order chi connectivity index (χ1) is 7.94. The van der Waals surface area contributed by atoms with Crippen LogP contribution in [0.25, 0.3) is 0 Å². The molecule has 0 unspecified atom stereocenters. The SMILES string of the molecule is CCCCCS(=O)(=O)CC(=O)N1CC[C@@H](N)C1. The largest absolute Gasteiger partial charge is 0.340 e. The van der Waals surface area contributed by atoms with Crippen molar-refractivity contribution in [2.45, 2.75) is 38.6 Å². The van der Waals surface area contributed by atoms with E-state index in [1.165, 1.54) is 0 Å². The van der Waals surface area contributed by atoms with Gasteiger partial charge in [-0.3, -0.25) is 4.79 Å². The number of likely N-dealkylation sites (tertiary alicyclic amines) is 1. The Balaban J connectivity index is 2.39. The van der Waals surface area contributed by atoms with Crippen LogP contribution >= 0.6 is 0 Å². The van der Waals surface area contributed by atoms with Crippen LogP contribution in [0.15, 0.2) is 0 Å². The van der Waals surface area contributed by atoms with E-state index in [2.05, 4.69) is 0 Å². The van der Waals surface area contributed by atoms with E-state index in [1.807, 2.05) is 6.92 Å². The van der Waals surface area contributed by atoms with Gasteiger partial charge in [0.25, 0.3) is 0 Å². The first-order valence-corrected chi connectivity index (χ1v) is 8.00. The van der Waals surface area contributed by atoms with Crippen LogP contribution in [0.3, 0.4) is 0 Å². The lowest BCUT2D eigenvalue weighted by Crippen LogP contribution is -2.36. The summed E-state index contributed by atoms with van der Waals surface area (Å²) in [5, 5.41) is 0. The fourth-order valence-corrected chi connectivity index (χ4v) is 3.28. The van der Waals surface area contributed by atoms with E-state index in [1.54, 1.807) is 4.90 Å². The van der Waals surface area contributed by atoms with Crippen molar-refractivity contribution in [3.63, 3.8) is 0 Å². The molecule has 0 aromatic heterocycles. The molecule has 1 rings (SSSR count). The van der Waals surface area contributed by atoms with Crippen LogP contribution in [0.5, 0.6) is 0 Å². The highest BCUT2D eigenvalue weighted by Gasteiger charge is 2.26. The molecule has 6 heteroatoms. The third-order valence-corrected chi connectivity index (χ3v) is 4.58. The molecule has 1 atom stereocenters. The molecule has 0 bridgehead atoms. The zero-order valence-corrected chi connectivity index (χ0v) is 11.2. The van der Waals surface area contributed by atoms with Crippen LogP contribution in [-0.4, -0.2) is 49.9 Å². The fraction of sp³-hybridized carbons (Fsp3) is 0.909. The number of carbonyl (C=O) groups is 1. The quantitative estimate of drug-likeness (QED) is 0.691. The second-order valence-electron chi connectivity index (χ2n) is 4.69. The molecule has 2 N–H and O–H groups in total. The smallest absolute Gasteiger partial charge is 0.237 e. The van der Waals surface area contributed by atoms with E-state index in [9.17, 15) is 13.2 Å². The molecule has 5 nitrogen and oxygen atoms in total. The van der Waals surface area contributed by atoms with Gasteiger partial charge in [0.1, 0.15) is 5.75 Å². The first-order valence-electron chi connectivity index (χ1n) is 6.18. The Kier molecular flexibility index (Phi) is 5.39. The van der Waals surface area contributed by atoms with Crippen LogP contribution < -0.4 is 5.73 Å². The first kappa shape index (κ1) is 14.4. The third kappa shape index (κ3) is 5.04. The van der Waals surface area contributed by atoms with Crippen molar-refractivity contribution < 1.29 is 13.2 Å². The van der Waals surface area contributed by atoms with Gasteiger partial charge in [-0.2, -0.15) is 0 Å². The lowest BCUT2D eigenvalue weighted by atomic mass is 10.3. The highest BCUT2D eigenvalue weighted by atomic mass is 32.2. The molecule has 100 valence electrons. The Morgan fingerprint density at radius 2 is 2.12 bits per heavy atom. The molecule has 1 fully saturated rings. The maximum Gasteiger partial charge on any atom is 0.237 e. The van der Waals surface area contributed by atoms with E-state index >= 15 is 0 Å². The van der Waals surface area contributed by atoms with Gasteiger partial charge in [0.15, 0.2) is 9.84 Å². The summed E-state index contributed by atoms with van der Waals surface area (Å²) in [5.41, 5.74) is 5.68. The van der Waals surface area contributed by atoms with Crippen molar-refractivity contribution in [1.29, 1.82) is 0 Å². The van der Waals surface area contributed by atoms with Crippen LogP contribution in [0.4, 0.5) is 0 Å². The summed E-state index contributed by atoms with van der Waals surface area (Å²) >= 11 is 0. The van der Waals surface area contributed by atoms with Crippen molar-refractivity contribution in [2.24, 2.45) is 5.73 Å². The Bertz CT molecular complexity index is 354. The Hall–Kier alpha value is -0.620. The molecule has 1 aliphatic heterocycles. The topological polar surface area (TPSA) is 80.5 Å². The summed E-state index contributed by atoms with van der Waals surface area (Å²) in [7, 11) is -3.24. The summed E-state index contributed by atoms with van der Waals surface area (Å²) in [6, 6.07) is 0.00162. The van der Waals surface area contributed by atoms with E-state index in [4.69, 9.17) is 5.73 Å². The number of rotatable bonds is 6. The number of hydrogen-bond acceptors (Lipinski definition) is 4. The fourth-order valence-electron chi connectivity index (χ4n) is 1.94. The van der Waals surface area contributed by atoms with Crippen molar-refractivity contribution in [1.82, 2.24) is 4.90 Å². The van der Waals surface area contributed by atoms with Crippen LogP contribution in [0, 0.1) is 0 Å². The van der Waals surface area contributed by atoms with E-state index in [0.717, 1.165) is 19.3 Å². The number of nitrogens with zero attached hydrogens (tertiary/aromatic N) is 1. The number of sulfone groups is 1. The average molecular weight is 262 g/mol. The Morgan fingerprint density at radius 3 is 2.65 bits per heavy atom. The number of amides is 1. The van der Waals surface area contributed by atoms with Gasteiger partial charge in [0.2, 0.25) is 5.91 Å². The zero-order chi connectivity index (χ0) is 12.9. The predicted molar refractivity (Wildman–Crippen MR) is 67.4 cm³/mol. The van der Waals surface area contributed by atoms with Gasteiger partial charge in [-0.1, -0.05) is 19.8 Å². The summed E-state index contributed by atoms with van der Waals surface area (Å²) in [6.07, 6.45) is 3.28. The third-order valence-electron chi connectivity index (χ3n) is 2.98. The van der Waals surface area contributed by atoms with Crippen molar-refractivity contribution in [3.05, 3.63) is 0 Å². The molecule has 0 radical (unpaired) electrons. The average Bonchev–Trinajstić information content (AvgIpc) is 2.64. The van der Waals surface area contributed by atoms with E-state index < -0.39 is 9.84 Å². The monoisotopic (exact) mass is 262 g/mol. The molecule has 0 aliphatic carbocycles. The van der Waals surface area contributed by atoms with Gasteiger partial charge in [-0.15, -0.1) is 0 Å². The molecule has 1 saturated heterocycles. The minimum atomic E-state index is -3.24. The maximum atomic E-state index is 11.7. The second-order valence-corrected chi connectivity index (χ2v) is 6.87. The van der Waals surface area contributed by atoms with Crippen LogP contribution in [-0.2, 0) is 14.6 Å². The van der Waals surface area contributed by atoms with Crippen molar-refractivity contribution in [3.8, 4) is 0 Å². The lowest BCUT2D eigenvalue weighted by Gasteiger charge is -2.15. The zero-order valence-electron chi connectivity index (χ0n) is 10.4.